The van der Waals surface area contributed by atoms with Gasteiger partial charge in [0, 0.05) is 38.9 Å². The maximum atomic E-state index is 2.43. The summed E-state index contributed by atoms with van der Waals surface area (Å²) in [6.45, 7) is 4.70. The van der Waals surface area contributed by atoms with Gasteiger partial charge in [-0.05, 0) is 140 Å². The van der Waals surface area contributed by atoms with Crippen molar-refractivity contribution in [1.82, 2.24) is 4.57 Å². The van der Waals surface area contributed by atoms with E-state index in [-0.39, 0.29) is 5.41 Å². The van der Waals surface area contributed by atoms with E-state index in [1.54, 1.807) is 0 Å². The third-order valence-electron chi connectivity index (χ3n) is 13.6. The van der Waals surface area contributed by atoms with Gasteiger partial charge in [-0.25, -0.2) is 0 Å². The highest BCUT2D eigenvalue weighted by Gasteiger charge is 2.35. The summed E-state index contributed by atoms with van der Waals surface area (Å²) < 4.78 is 2.43. The van der Waals surface area contributed by atoms with Gasteiger partial charge in [-0.3, -0.25) is 0 Å². The van der Waals surface area contributed by atoms with E-state index in [4.69, 9.17) is 0 Å². The van der Waals surface area contributed by atoms with Gasteiger partial charge in [0.15, 0.2) is 0 Å². The topological polar surface area (TPSA) is 8.17 Å². The lowest BCUT2D eigenvalue weighted by Crippen LogP contribution is -2.16. The minimum absolute atomic E-state index is 0.0956. The SMILES string of the molecule is CC1(C)c2ccccc2-c2ccc(N(c3ccccc3)c3ccc(-n4c5ccc(-c6ccc(-c7ccccc7)cc6)cc5c5cc(-c6ccc(-c7ccccc7)cc6)ccc54)cc3)cc21. The normalized spacial score (nSPS) is 12.6. The average molecular weight is 831 g/mol. The number of hydrogen-bond donors (Lipinski definition) is 0. The standard InChI is InChI=1S/C63H46N2/c1-63(2)59-21-13-12-20-55(59)56-37-36-54(42-60(56)63)64(51-18-10-5-11-19-51)52-32-34-53(35-33-52)65-61-38-30-49(47-26-22-45(23-27-47)43-14-6-3-7-15-43)40-57(61)58-41-50(31-39-62(58)65)48-28-24-46(25-29-48)44-16-8-4-9-17-44/h3-42H,1-2H3. The van der Waals surface area contributed by atoms with Crippen molar-refractivity contribution in [3.8, 4) is 61.3 Å². The molecule has 0 amide bonds. The molecule has 0 fully saturated rings. The zero-order valence-electron chi connectivity index (χ0n) is 36.5. The lowest BCUT2D eigenvalue weighted by Gasteiger charge is -2.28. The van der Waals surface area contributed by atoms with Gasteiger partial charge in [-0.1, -0.05) is 184 Å². The first-order chi connectivity index (χ1) is 32.0. The predicted octanol–water partition coefficient (Wildman–Crippen LogP) is 17.2. The van der Waals surface area contributed by atoms with Crippen LogP contribution in [0.5, 0.6) is 0 Å². The maximum absolute atomic E-state index is 2.43. The van der Waals surface area contributed by atoms with Crippen LogP contribution in [0.15, 0.2) is 243 Å². The predicted molar refractivity (Wildman–Crippen MR) is 275 cm³/mol. The highest BCUT2D eigenvalue weighted by atomic mass is 15.1. The third-order valence-corrected chi connectivity index (χ3v) is 13.6. The van der Waals surface area contributed by atoms with Crippen molar-refractivity contribution < 1.29 is 0 Å². The van der Waals surface area contributed by atoms with Crippen molar-refractivity contribution in [3.05, 3.63) is 254 Å². The Morgan fingerprint density at radius 3 is 1.25 bits per heavy atom. The number of aromatic nitrogens is 1. The van der Waals surface area contributed by atoms with Gasteiger partial charge < -0.3 is 9.47 Å². The largest absolute Gasteiger partial charge is 0.310 e. The van der Waals surface area contributed by atoms with E-state index in [2.05, 4.69) is 266 Å². The summed E-state index contributed by atoms with van der Waals surface area (Å²) >= 11 is 0. The Bertz CT molecular complexity index is 3370. The van der Waals surface area contributed by atoms with Gasteiger partial charge in [-0.15, -0.1) is 0 Å². The summed E-state index contributed by atoms with van der Waals surface area (Å²) in [6, 6.07) is 88.8. The van der Waals surface area contributed by atoms with Crippen LogP contribution in [-0.2, 0) is 5.41 Å². The fourth-order valence-corrected chi connectivity index (χ4v) is 10.2. The average Bonchev–Trinajstić information content (AvgIpc) is 3.82. The van der Waals surface area contributed by atoms with Crippen LogP contribution in [0.4, 0.5) is 17.1 Å². The highest BCUT2D eigenvalue weighted by Crippen LogP contribution is 2.51. The fourth-order valence-electron chi connectivity index (χ4n) is 10.2. The number of nitrogens with zero attached hydrogens (tertiary/aromatic N) is 2. The molecule has 2 nitrogen and oxygen atoms in total. The number of rotatable bonds is 8. The number of fused-ring (bicyclic) bond motifs is 6. The fraction of sp³-hybridized carbons (Fsp3) is 0.0476. The summed E-state index contributed by atoms with van der Waals surface area (Å²) in [5, 5.41) is 2.45. The minimum atomic E-state index is -0.0956. The second-order valence-electron chi connectivity index (χ2n) is 17.8. The first kappa shape index (κ1) is 38.5. The Labute approximate surface area is 381 Å². The molecule has 0 aliphatic heterocycles. The second kappa shape index (κ2) is 15.6. The molecule has 0 bridgehead atoms. The van der Waals surface area contributed by atoms with Crippen LogP contribution in [0.2, 0.25) is 0 Å². The molecule has 1 aliphatic carbocycles. The van der Waals surface area contributed by atoms with E-state index in [1.165, 1.54) is 88.6 Å². The Balaban J connectivity index is 0.965. The lowest BCUT2D eigenvalue weighted by molar-refractivity contribution is 0.660. The Kier molecular flexibility index (Phi) is 9.21. The number of hydrogen-bond acceptors (Lipinski definition) is 1. The Morgan fingerprint density at radius 1 is 0.308 bits per heavy atom. The number of anilines is 3. The second-order valence-corrected chi connectivity index (χ2v) is 17.8. The third kappa shape index (κ3) is 6.65. The Hall–Kier alpha value is -8.20. The molecule has 12 rings (SSSR count). The number of benzene rings is 10. The summed E-state index contributed by atoms with van der Waals surface area (Å²) in [4.78, 5) is 2.39. The molecule has 10 aromatic carbocycles. The number of para-hydroxylation sites is 1. The van der Waals surface area contributed by atoms with Crippen LogP contribution in [0.3, 0.4) is 0 Å². The molecule has 2 heteroatoms. The molecule has 1 aromatic heterocycles. The van der Waals surface area contributed by atoms with Gasteiger partial charge in [0.2, 0.25) is 0 Å². The molecule has 308 valence electrons. The van der Waals surface area contributed by atoms with E-state index in [0.29, 0.717) is 0 Å². The first-order valence-corrected chi connectivity index (χ1v) is 22.6. The summed E-state index contributed by atoms with van der Waals surface area (Å²) in [5.41, 5.74) is 21.8. The van der Waals surface area contributed by atoms with Crippen molar-refractivity contribution in [1.29, 1.82) is 0 Å². The molecule has 0 saturated heterocycles. The van der Waals surface area contributed by atoms with Gasteiger partial charge in [0.05, 0.1) is 11.0 Å². The van der Waals surface area contributed by atoms with E-state index in [0.717, 1.165) is 22.7 Å². The lowest BCUT2D eigenvalue weighted by atomic mass is 9.82. The molecule has 0 unspecified atom stereocenters. The molecule has 0 N–H and O–H groups in total. The maximum Gasteiger partial charge on any atom is 0.0541 e. The van der Waals surface area contributed by atoms with Crippen molar-refractivity contribution in [2.45, 2.75) is 19.3 Å². The zero-order valence-corrected chi connectivity index (χ0v) is 36.5. The molecule has 0 radical (unpaired) electrons. The monoisotopic (exact) mass is 830 g/mol. The van der Waals surface area contributed by atoms with E-state index < -0.39 is 0 Å². The van der Waals surface area contributed by atoms with Crippen molar-refractivity contribution in [2.75, 3.05) is 4.90 Å². The van der Waals surface area contributed by atoms with Gasteiger partial charge in [0.25, 0.3) is 0 Å². The molecule has 0 atom stereocenters. The molecule has 0 saturated carbocycles. The van der Waals surface area contributed by atoms with Gasteiger partial charge >= 0.3 is 0 Å². The first-order valence-electron chi connectivity index (χ1n) is 22.6. The summed E-state index contributed by atoms with van der Waals surface area (Å²) in [6.07, 6.45) is 0. The Morgan fingerprint density at radius 2 is 0.708 bits per heavy atom. The van der Waals surface area contributed by atoms with Gasteiger partial charge in [-0.2, -0.15) is 0 Å². The molecule has 0 spiro atoms. The van der Waals surface area contributed by atoms with Crippen LogP contribution in [0, 0.1) is 0 Å². The smallest absolute Gasteiger partial charge is 0.0541 e. The quantitative estimate of drug-likeness (QED) is 0.148. The molecule has 1 aliphatic rings. The van der Waals surface area contributed by atoms with Crippen LogP contribution in [0.1, 0.15) is 25.0 Å². The highest BCUT2D eigenvalue weighted by molar-refractivity contribution is 6.11. The molecule has 1 heterocycles. The molecular weight excluding hydrogens is 785 g/mol. The van der Waals surface area contributed by atoms with Crippen molar-refractivity contribution in [2.24, 2.45) is 0 Å². The summed E-state index contributed by atoms with van der Waals surface area (Å²) in [7, 11) is 0. The molecular formula is C63H46N2. The van der Waals surface area contributed by atoms with Crippen LogP contribution in [0.25, 0.3) is 83.1 Å². The van der Waals surface area contributed by atoms with Crippen LogP contribution >= 0.6 is 0 Å². The minimum Gasteiger partial charge on any atom is -0.310 e. The van der Waals surface area contributed by atoms with Gasteiger partial charge in [0.1, 0.15) is 0 Å². The summed E-state index contributed by atoms with van der Waals surface area (Å²) in [5.74, 6) is 0. The van der Waals surface area contributed by atoms with E-state index in [1.807, 2.05) is 0 Å². The van der Waals surface area contributed by atoms with E-state index in [9.17, 15) is 0 Å². The van der Waals surface area contributed by atoms with Crippen molar-refractivity contribution >= 4 is 38.9 Å². The van der Waals surface area contributed by atoms with Crippen LogP contribution < -0.4 is 4.90 Å². The van der Waals surface area contributed by atoms with E-state index >= 15 is 0 Å². The van der Waals surface area contributed by atoms with Crippen LogP contribution in [-0.4, -0.2) is 4.57 Å². The zero-order chi connectivity index (χ0) is 43.5. The molecule has 65 heavy (non-hydrogen) atoms. The molecule has 11 aromatic rings. The van der Waals surface area contributed by atoms with Crippen molar-refractivity contribution in [3.63, 3.8) is 0 Å².